The van der Waals surface area contributed by atoms with E-state index in [-0.39, 0.29) is 28.4 Å². The average Bonchev–Trinajstić information content (AvgIpc) is 2.53. The number of pyridine rings is 1. The Morgan fingerprint density at radius 1 is 1.48 bits per heavy atom. The fourth-order valence-corrected chi connectivity index (χ4v) is 2.49. The van der Waals surface area contributed by atoms with Crippen LogP contribution in [-0.2, 0) is 9.53 Å². The molecular weight excluding hydrogens is 324 g/mol. The molecule has 1 saturated heterocycles. The Labute approximate surface area is 138 Å². The molecule has 0 aromatic carbocycles. The lowest BCUT2D eigenvalue weighted by molar-refractivity contribution is -0.385. The van der Waals surface area contributed by atoms with Crippen molar-refractivity contribution in [3.63, 3.8) is 0 Å². The molecular formula is C14H19ClN4O4. The smallest absolute Gasteiger partial charge is 0.289 e. The number of nitro groups is 1. The van der Waals surface area contributed by atoms with Gasteiger partial charge in [0.15, 0.2) is 0 Å². The highest BCUT2D eigenvalue weighted by Crippen LogP contribution is 2.25. The summed E-state index contributed by atoms with van der Waals surface area (Å²) in [4.78, 5) is 28.5. The Morgan fingerprint density at radius 3 is 2.65 bits per heavy atom. The molecule has 9 heteroatoms. The van der Waals surface area contributed by atoms with E-state index in [1.807, 2.05) is 13.8 Å². The van der Waals surface area contributed by atoms with E-state index in [4.69, 9.17) is 16.3 Å². The molecule has 1 aromatic rings. The normalized spacial score (nSPS) is 16.3. The van der Waals surface area contributed by atoms with Crippen molar-refractivity contribution in [1.82, 2.24) is 9.88 Å². The van der Waals surface area contributed by atoms with Gasteiger partial charge in [-0.15, -0.1) is 0 Å². The van der Waals surface area contributed by atoms with Gasteiger partial charge < -0.3 is 15.0 Å². The molecule has 1 atom stereocenters. The van der Waals surface area contributed by atoms with E-state index in [2.05, 4.69) is 10.3 Å². The number of carbonyl (C=O) groups is 1. The Morgan fingerprint density at radius 2 is 2.13 bits per heavy atom. The van der Waals surface area contributed by atoms with Gasteiger partial charge >= 0.3 is 0 Å². The molecule has 126 valence electrons. The second-order valence-electron chi connectivity index (χ2n) is 5.58. The second-order valence-corrected chi connectivity index (χ2v) is 5.99. The summed E-state index contributed by atoms with van der Waals surface area (Å²) in [5.74, 6) is 0.204. The molecule has 1 aliphatic heterocycles. The van der Waals surface area contributed by atoms with Crippen LogP contribution in [0.5, 0.6) is 0 Å². The Hall–Kier alpha value is -1.93. The first-order chi connectivity index (χ1) is 10.9. The first-order valence-electron chi connectivity index (χ1n) is 7.33. The summed E-state index contributed by atoms with van der Waals surface area (Å²) < 4.78 is 5.25. The van der Waals surface area contributed by atoms with Crippen molar-refractivity contribution < 1.29 is 14.5 Å². The molecule has 0 saturated carbocycles. The van der Waals surface area contributed by atoms with Crippen molar-refractivity contribution in [3.05, 3.63) is 27.4 Å². The molecule has 1 N–H and O–H groups in total. The second kappa shape index (κ2) is 7.56. The van der Waals surface area contributed by atoms with Crippen molar-refractivity contribution >= 4 is 29.0 Å². The van der Waals surface area contributed by atoms with Gasteiger partial charge in [-0.2, -0.15) is 0 Å². The zero-order valence-corrected chi connectivity index (χ0v) is 13.7. The average molecular weight is 343 g/mol. The van der Waals surface area contributed by atoms with E-state index in [1.165, 1.54) is 6.07 Å². The van der Waals surface area contributed by atoms with Crippen molar-refractivity contribution in [3.8, 4) is 0 Å². The van der Waals surface area contributed by atoms with E-state index < -0.39 is 11.0 Å². The van der Waals surface area contributed by atoms with E-state index in [0.717, 1.165) is 6.20 Å². The quantitative estimate of drug-likeness (QED) is 0.648. The summed E-state index contributed by atoms with van der Waals surface area (Å²) in [6.45, 7) is 5.96. The highest BCUT2D eigenvalue weighted by Gasteiger charge is 2.29. The topological polar surface area (TPSA) is 97.6 Å². The number of aromatic nitrogens is 1. The van der Waals surface area contributed by atoms with E-state index in [0.29, 0.717) is 26.3 Å². The van der Waals surface area contributed by atoms with Gasteiger partial charge in [0.1, 0.15) is 18.1 Å². The molecule has 23 heavy (non-hydrogen) atoms. The van der Waals surface area contributed by atoms with Crippen LogP contribution < -0.4 is 5.32 Å². The minimum atomic E-state index is -0.568. The third-order valence-corrected chi connectivity index (χ3v) is 3.87. The van der Waals surface area contributed by atoms with Crippen LogP contribution in [0.1, 0.15) is 13.8 Å². The van der Waals surface area contributed by atoms with Crippen LogP contribution in [0, 0.1) is 16.0 Å². The SMILES string of the molecule is CC(C)C(Nc1ncc([N+](=O)[O-])cc1Cl)C(=O)N1CCOCC1. The van der Waals surface area contributed by atoms with Crippen LogP contribution in [-0.4, -0.2) is 53.1 Å². The zero-order chi connectivity index (χ0) is 17.0. The monoisotopic (exact) mass is 342 g/mol. The highest BCUT2D eigenvalue weighted by atomic mass is 35.5. The van der Waals surface area contributed by atoms with E-state index in [9.17, 15) is 14.9 Å². The van der Waals surface area contributed by atoms with E-state index in [1.54, 1.807) is 4.90 Å². The molecule has 1 unspecified atom stereocenters. The third-order valence-electron chi connectivity index (χ3n) is 3.59. The molecule has 1 amide bonds. The van der Waals surface area contributed by atoms with Crippen LogP contribution in [0.15, 0.2) is 12.3 Å². The van der Waals surface area contributed by atoms with Crippen molar-refractivity contribution in [1.29, 1.82) is 0 Å². The third kappa shape index (κ3) is 4.29. The summed E-state index contributed by atoms with van der Waals surface area (Å²) >= 11 is 6.04. The molecule has 2 rings (SSSR count). The number of morpholine rings is 1. The number of carbonyl (C=O) groups excluding carboxylic acids is 1. The summed E-state index contributed by atoms with van der Waals surface area (Å²) in [6.07, 6.45) is 1.12. The summed E-state index contributed by atoms with van der Waals surface area (Å²) in [5, 5.41) is 13.8. The van der Waals surface area contributed by atoms with Gasteiger partial charge in [-0.05, 0) is 5.92 Å². The van der Waals surface area contributed by atoms with Gasteiger partial charge in [-0.3, -0.25) is 14.9 Å². The minimum absolute atomic E-state index is 0.00148. The fraction of sp³-hybridized carbons (Fsp3) is 0.571. The minimum Gasteiger partial charge on any atom is -0.378 e. The van der Waals surface area contributed by atoms with Crippen molar-refractivity contribution in [2.24, 2.45) is 5.92 Å². The lowest BCUT2D eigenvalue weighted by atomic mass is 10.0. The van der Waals surface area contributed by atoms with Crippen LogP contribution in [0.2, 0.25) is 5.02 Å². The molecule has 2 heterocycles. The molecule has 1 aromatic heterocycles. The summed E-state index contributed by atoms with van der Waals surface area (Å²) in [6, 6.07) is 0.701. The predicted octanol–water partition coefficient (Wildman–Crippen LogP) is 1.94. The number of halogens is 1. The Bertz CT molecular complexity index is 590. The number of anilines is 1. The Balaban J connectivity index is 2.16. The maximum Gasteiger partial charge on any atom is 0.289 e. The van der Waals surface area contributed by atoms with Crippen LogP contribution >= 0.6 is 11.6 Å². The van der Waals surface area contributed by atoms with Gasteiger partial charge in [0.05, 0.1) is 23.2 Å². The molecule has 0 bridgehead atoms. The molecule has 8 nitrogen and oxygen atoms in total. The lowest BCUT2D eigenvalue weighted by Crippen LogP contribution is -2.50. The first-order valence-corrected chi connectivity index (χ1v) is 7.71. The number of rotatable bonds is 5. The van der Waals surface area contributed by atoms with Gasteiger partial charge in [-0.25, -0.2) is 4.98 Å². The van der Waals surface area contributed by atoms with E-state index >= 15 is 0 Å². The molecule has 0 radical (unpaired) electrons. The number of hydrogen-bond acceptors (Lipinski definition) is 6. The van der Waals surface area contributed by atoms with Gasteiger partial charge in [0.2, 0.25) is 5.91 Å². The molecule has 1 aliphatic rings. The summed E-state index contributed by atoms with van der Waals surface area (Å²) in [7, 11) is 0. The Kier molecular flexibility index (Phi) is 5.73. The summed E-state index contributed by atoms with van der Waals surface area (Å²) in [5.41, 5.74) is -0.193. The van der Waals surface area contributed by atoms with Crippen LogP contribution in [0.4, 0.5) is 11.5 Å². The fourth-order valence-electron chi connectivity index (χ4n) is 2.28. The van der Waals surface area contributed by atoms with Gasteiger partial charge in [0, 0.05) is 19.2 Å². The molecule has 1 fully saturated rings. The first kappa shape index (κ1) is 17.4. The number of ether oxygens (including phenoxy) is 1. The maximum atomic E-state index is 12.7. The van der Waals surface area contributed by atoms with Crippen molar-refractivity contribution in [2.75, 3.05) is 31.6 Å². The van der Waals surface area contributed by atoms with Gasteiger partial charge in [0.25, 0.3) is 5.69 Å². The highest BCUT2D eigenvalue weighted by molar-refractivity contribution is 6.33. The zero-order valence-electron chi connectivity index (χ0n) is 13.0. The van der Waals surface area contributed by atoms with Gasteiger partial charge in [-0.1, -0.05) is 25.4 Å². The van der Waals surface area contributed by atoms with Crippen LogP contribution in [0.25, 0.3) is 0 Å². The lowest BCUT2D eigenvalue weighted by Gasteiger charge is -2.32. The predicted molar refractivity (Wildman–Crippen MR) is 85.5 cm³/mol. The number of nitrogens with zero attached hydrogens (tertiary/aromatic N) is 3. The standard InChI is InChI=1S/C14H19ClN4O4/c1-9(2)12(14(20)18-3-5-23-6-4-18)17-13-11(15)7-10(8-16-13)19(21)22/h7-9,12H,3-6H2,1-2H3,(H,16,17). The number of amides is 1. The largest absolute Gasteiger partial charge is 0.378 e. The molecule has 0 spiro atoms. The molecule has 0 aliphatic carbocycles. The van der Waals surface area contributed by atoms with Crippen LogP contribution in [0.3, 0.4) is 0 Å². The number of nitrogens with one attached hydrogen (secondary N) is 1. The number of hydrogen-bond donors (Lipinski definition) is 1. The maximum absolute atomic E-state index is 12.7. The van der Waals surface area contributed by atoms with Crippen molar-refractivity contribution in [2.45, 2.75) is 19.9 Å².